The summed E-state index contributed by atoms with van der Waals surface area (Å²) in [6.07, 6.45) is 0. The molecule has 1 aromatic heterocycles. The Labute approximate surface area is 145 Å². The maximum absolute atomic E-state index is 12.5. The smallest absolute Gasteiger partial charge is 0.255 e. The molecule has 0 saturated heterocycles. The minimum Gasteiger partial charge on any atom is -0.497 e. The molecule has 0 radical (unpaired) electrons. The molecule has 1 heterocycles. The van der Waals surface area contributed by atoms with Crippen molar-refractivity contribution in [3.05, 3.63) is 59.8 Å². The van der Waals surface area contributed by atoms with E-state index in [4.69, 9.17) is 9.47 Å². The number of rotatable bonds is 5. The van der Waals surface area contributed by atoms with Gasteiger partial charge in [-0.1, -0.05) is 12.1 Å². The molecular formula is C19H19N3O3. The lowest BCUT2D eigenvalue weighted by atomic mass is 10.1. The summed E-state index contributed by atoms with van der Waals surface area (Å²) in [5.74, 6) is 0.892. The highest BCUT2D eigenvalue weighted by molar-refractivity contribution is 6.04. The molecular weight excluding hydrogens is 318 g/mol. The average Bonchev–Trinajstić information content (AvgIpc) is 3.08. The number of benzene rings is 2. The maximum atomic E-state index is 12.5. The van der Waals surface area contributed by atoms with Crippen LogP contribution in [0, 0.1) is 6.92 Å². The Morgan fingerprint density at radius 3 is 2.16 bits per heavy atom. The number of anilines is 1. The second kappa shape index (κ2) is 7.09. The molecule has 3 rings (SSSR count). The number of methoxy groups -OCH3 is 2. The molecule has 0 aliphatic rings. The summed E-state index contributed by atoms with van der Waals surface area (Å²) in [7, 11) is 3.10. The molecule has 0 atom stereocenters. The van der Waals surface area contributed by atoms with Crippen LogP contribution in [-0.2, 0) is 0 Å². The molecule has 0 aliphatic heterocycles. The van der Waals surface area contributed by atoms with Gasteiger partial charge in [-0.2, -0.15) is 5.10 Å². The quantitative estimate of drug-likeness (QED) is 0.745. The van der Waals surface area contributed by atoms with Gasteiger partial charge in [0.25, 0.3) is 5.91 Å². The zero-order chi connectivity index (χ0) is 17.8. The van der Waals surface area contributed by atoms with Crippen molar-refractivity contribution in [2.24, 2.45) is 0 Å². The fraction of sp³-hybridized carbons (Fsp3) is 0.158. The van der Waals surface area contributed by atoms with Crippen LogP contribution in [0.2, 0.25) is 0 Å². The Hall–Kier alpha value is -3.28. The van der Waals surface area contributed by atoms with Crippen LogP contribution in [0.15, 0.2) is 48.5 Å². The molecule has 2 aromatic carbocycles. The van der Waals surface area contributed by atoms with Crippen molar-refractivity contribution < 1.29 is 14.3 Å². The van der Waals surface area contributed by atoms with E-state index >= 15 is 0 Å². The van der Waals surface area contributed by atoms with Crippen LogP contribution in [0.1, 0.15) is 16.1 Å². The zero-order valence-electron chi connectivity index (χ0n) is 14.3. The Kier molecular flexibility index (Phi) is 4.70. The summed E-state index contributed by atoms with van der Waals surface area (Å²) in [6.45, 7) is 1.95. The molecule has 6 heteroatoms. The van der Waals surface area contributed by atoms with Gasteiger partial charge in [0, 0.05) is 28.6 Å². The number of carbonyl (C=O) groups excluding carboxylic acids is 1. The Morgan fingerprint density at radius 1 is 1.00 bits per heavy atom. The van der Waals surface area contributed by atoms with Crippen LogP contribution in [0.3, 0.4) is 0 Å². The van der Waals surface area contributed by atoms with Crippen molar-refractivity contribution in [1.29, 1.82) is 0 Å². The first-order valence-corrected chi connectivity index (χ1v) is 7.76. The van der Waals surface area contributed by atoms with Gasteiger partial charge in [-0.15, -0.1) is 0 Å². The van der Waals surface area contributed by atoms with E-state index in [-0.39, 0.29) is 5.91 Å². The number of carbonyl (C=O) groups is 1. The Morgan fingerprint density at radius 2 is 1.64 bits per heavy atom. The highest BCUT2D eigenvalue weighted by Crippen LogP contribution is 2.24. The number of hydrogen-bond donors (Lipinski definition) is 2. The monoisotopic (exact) mass is 337 g/mol. The lowest BCUT2D eigenvalue weighted by molar-refractivity contribution is 0.102. The number of amides is 1. The number of nitrogens with zero attached hydrogens (tertiary/aromatic N) is 1. The summed E-state index contributed by atoms with van der Waals surface area (Å²) in [5.41, 5.74) is 4.00. The van der Waals surface area contributed by atoms with Gasteiger partial charge in [0.2, 0.25) is 0 Å². The van der Waals surface area contributed by atoms with Crippen LogP contribution in [0.25, 0.3) is 11.3 Å². The second-order valence-corrected chi connectivity index (χ2v) is 5.57. The number of nitrogens with one attached hydrogen (secondary N) is 2. The van der Waals surface area contributed by atoms with Gasteiger partial charge in [0.1, 0.15) is 11.5 Å². The highest BCUT2D eigenvalue weighted by atomic mass is 16.5. The van der Waals surface area contributed by atoms with Crippen LogP contribution >= 0.6 is 0 Å². The molecule has 0 bridgehead atoms. The van der Waals surface area contributed by atoms with Crippen LogP contribution in [-0.4, -0.2) is 30.3 Å². The molecule has 0 unspecified atom stereocenters. The first kappa shape index (κ1) is 16.6. The summed E-state index contributed by atoms with van der Waals surface area (Å²) in [6, 6.07) is 14.5. The van der Waals surface area contributed by atoms with Crippen molar-refractivity contribution in [3.63, 3.8) is 0 Å². The number of hydrogen-bond acceptors (Lipinski definition) is 4. The first-order valence-electron chi connectivity index (χ1n) is 7.76. The molecule has 3 aromatic rings. The summed E-state index contributed by atoms with van der Waals surface area (Å²) >= 11 is 0. The predicted octanol–water partition coefficient (Wildman–Crippen LogP) is 3.65. The van der Waals surface area contributed by atoms with E-state index in [2.05, 4.69) is 15.5 Å². The lowest BCUT2D eigenvalue weighted by Gasteiger charge is -2.09. The van der Waals surface area contributed by atoms with Gasteiger partial charge in [0.15, 0.2) is 0 Å². The van der Waals surface area contributed by atoms with Crippen LogP contribution < -0.4 is 14.8 Å². The third-order valence-electron chi connectivity index (χ3n) is 3.76. The molecule has 1 amide bonds. The molecule has 25 heavy (non-hydrogen) atoms. The molecule has 6 nitrogen and oxygen atoms in total. The predicted molar refractivity (Wildman–Crippen MR) is 96.3 cm³/mol. The lowest BCUT2D eigenvalue weighted by Crippen LogP contribution is -2.12. The molecule has 128 valence electrons. The minimum absolute atomic E-state index is 0.236. The minimum atomic E-state index is -0.236. The van der Waals surface area contributed by atoms with E-state index in [0.717, 1.165) is 17.0 Å². The molecule has 0 spiro atoms. The number of aromatic amines is 1. The second-order valence-electron chi connectivity index (χ2n) is 5.57. The van der Waals surface area contributed by atoms with E-state index < -0.39 is 0 Å². The normalized spacial score (nSPS) is 10.4. The van der Waals surface area contributed by atoms with Gasteiger partial charge in [0.05, 0.1) is 19.9 Å². The molecule has 2 N–H and O–H groups in total. The van der Waals surface area contributed by atoms with E-state index in [9.17, 15) is 4.79 Å². The topological polar surface area (TPSA) is 76.2 Å². The van der Waals surface area contributed by atoms with Gasteiger partial charge in [-0.3, -0.25) is 9.89 Å². The fourth-order valence-electron chi connectivity index (χ4n) is 2.43. The number of ether oxygens (including phenoxy) is 2. The van der Waals surface area contributed by atoms with E-state index in [1.165, 1.54) is 0 Å². The fourth-order valence-corrected chi connectivity index (χ4v) is 2.43. The standard InChI is InChI=1S/C19H19N3O3/c1-12-8-18(22-21-12)13-4-6-15(7-5-13)20-19(23)14-9-16(24-2)11-17(10-14)25-3/h4-11H,1-3H3,(H,20,23)(H,21,22). The van der Waals surface area contributed by atoms with Crippen molar-refractivity contribution in [1.82, 2.24) is 10.2 Å². The van der Waals surface area contributed by atoms with Gasteiger partial charge in [-0.25, -0.2) is 0 Å². The molecule has 0 aliphatic carbocycles. The largest absolute Gasteiger partial charge is 0.497 e. The van der Waals surface area contributed by atoms with E-state index in [0.29, 0.717) is 22.7 Å². The first-order chi connectivity index (χ1) is 12.1. The van der Waals surface area contributed by atoms with Crippen molar-refractivity contribution in [2.45, 2.75) is 6.92 Å². The molecule has 0 saturated carbocycles. The van der Waals surface area contributed by atoms with Crippen molar-refractivity contribution in [2.75, 3.05) is 19.5 Å². The van der Waals surface area contributed by atoms with Gasteiger partial charge in [-0.05, 0) is 37.3 Å². The van der Waals surface area contributed by atoms with E-state index in [1.807, 2.05) is 37.3 Å². The average molecular weight is 337 g/mol. The summed E-state index contributed by atoms with van der Waals surface area (Å²) in [4.78, 5) is 12.5. The SMILES string of the molecule is COc1cc(OC)cc(C(=O)Nc2ccc(-c3cc(C)[nH]n3)cc2)c1. The van der Waals surface area contributed by atoms with E-state index in [1.54, 1.807) is 32.4 Å². The van der Waals surface area contributed by atoms with Crippen molar-refractivity contribution in [3.8, 4) is 22.8 Å². The maximum Gasteiger partial charge on any atom is 0.255 e. The van der Waals surface area contributed by atoms with Crippen molar-refractivity contribution >= 4 is 11.6 Å². The third kappa shape index (κ3) is 3.80. The number of H-pyrrole nitrogens is 1. The third-order valence-corrected chi connectivity index (χ3v) is 3.76. The molecule has 0 fully saturated rings. The number of aromatic nitrogens is 2. The van der Waals surface area contributed by atoms with Crippen LogP contribution in [0.4, 0.5) is 5.69 Å². The Balaban J connectivity index is 1.77. The van der Waals surface area contributed by atoms with Gasteiger partial charge >= 0.3 is 0 Å². The summed E-state index contributed by atoms with van der Waals surface area (Å²) < 4.78 is 10.4. The Bertz CT molecular complexity index is 863. The zero-order valence-corrected chi connectivity index (χ0v) is 14.3. The number of aryl methyl sites for hydroxylation is 1. The van der Waals surface area contributed by atoms with Gasteiger partial charge < -0.3 is 14.8 Å². The summed E-state index contributed by atoms with van der Waals surface area (Å²) in [5, 5.41) is 10.0. The van der Waals surface area contributed by atoms with Crippen LogP contribution in [0.5, 0.6) is 11.5 Å². The highest BCUT2D eigenvalue weighted by Gasteiger charge is 2.10.